The van der Waals surface area contributed by atoms with Gasteiger partial charge in [0.2, 0.25) is 0 Å². The van der Waals surface area contributed by atoms with E-state index in [-0.39, 0.29) is 30.1 Å². The van der Waals surface area contributed by atoms with E-state index in [0.717, 1.165) is 0 Å². The Bertz CT molecular complexity index is 777. The van der Waals surface area contributed by atoms with Crippen molar-refractivity contribution in [2.24, 2.45) is 0 Å². The van der Waals surface area contributed by atoms with Gasteiger partial charge in [-0.3, -0.25) is 9.59 Å². The Labute approximate surface area is 143 Å². The third-order valence-electron chi connectivity index (χ3n) is 3.19. The summed E-state index contributed by atoms with van der Waals surface area (Å²) in [5, 5.41) is 14.5. The Hall–Kier alpha value is -2.86. The molecule has 0 radical (unpaired) electrons. The van der Waals surface area contributed by atoms with Crippen LogP contribution in [0.4, 0.5) is 0 Å². The molecule has 0 aromatic heterocycles. The van der Waals surface area contributed by atoms with Crippen LogP contribution in [0.3, 0.4) is 0 Å². The molecule has 2 aromatic rings. The Morgan fingerprint density at radius 1 is 0.875 bits per heavy atom. The molecule has 2 aromatic carbocycles. The summed E-state index contributed by atoms with van der Waals surface area (Å²) in [5.74, 6) is -1.84. The number of hydrogen-bond donors (Lipinski definition) is 3. The van der Waals surface area contributed by atoms with E-state index in [2.05, 4.69) is 10.6 Å². The minimum Gasteiger partial charge on any atom is -0.478 e. The lowest BCUT2D eigenvalue weighted by Gasteiger charge is -2.08. The van der Waals surface area contributed by atoms with Crippen LogP contribution in [-0.4, -0.2) is 36.0 Å². The molecule has 0 heterocycles. The van der Waals surface area contributed by atoms with E-state index in [9.17, 15) is 14.4 Å². The van der Waals surface area contributed by atoms with Crippen LogP contribution in [0.2, 0.25) is 5.02 Å². The lowest BCUT2D eigenvalue weighted by atomic mass is 10.1. The van der Waals surface area contributed by atoms with Gasteiger partial charge in [-0.25, -0.2) is 4.79 Å². The molecule has 124 valence electrons. The maximum atomic E-state index is 12.0. The number of carbonyl (C=O) groups excluding carboxylic acids is 2. The molecule has 2 amide bonds. The van der Waals surface area contributed by atoms with Crippen molar-refractivity contribution in [1.29, 1.82) is 0 Å². The van der Waals surface area contributed by atoms with Gasteiger partial charge in [-0.1, -0.05) is 29.8 Å². The van der Waals surface area contributed by atoms with Crippen LogP contribution in [0.15, 0.2) is 48.5 Å². The second kappa shape index (κ2) is 8.12. The molecule has 7 heteroatoms. The summed E-state index contributed by atoms with van der Waals surface area (Å²) < 4.78 is 0. The monoisotopic (exact) mass is 346 g/mol. The predicted molar refractivity (Wildman–Crippen MR) is 89.5 cm³/mol. The molecular formula is C17H15ClN2O4. The maximum Gasteiger partial charge on any atom is 0.335 e. The molecule has 0 fully saturated rings. The molecule has 0 saturated heterocycles. The zero-order valence-corrected chi connectivity index (χ0v) is 13.3. The van der Waals surface area contributed by atoms with Gasteiger partial charge in [0.05, 0.1) is 16.1 Å². The van der Waals surface area contributed by atoms with Crippen LogP contribution in [0, 0.1) is 0 Å². The number of amides is 2. The molecule has 6 nitrogen and oxygen atoms in total. The second-order valence-electron chi connectivity index (χ2n) is 4.88. The molecule has 0 aliphatic carbocycles. The summed E-state index contributed by atoms with van der Waals surface area (Å²) in [6.07, 6.45) is 0. The predicted octanol–water partition coefficient (Wildman–Crippen LogP) is 2.20. The first-order valence-electron chi connectivity index (χ1n) is 7.13. The number of carboxylic acids is 1. The minimum absolute atomic E-state index is 0.0367. The van der Waals surface area contributed by atoms with E-state index in [4.69, 9.17) is 16.7 Å². The molecule has 0 atom stereocenters. The largest absolute Gasteiger partial charge is 0.478 e. The van der Waals surface area contributed by atoms with Crippen molar-refractivity contribution in [2.75, 3.05) is 13.1 Å². The van der Waals surface area contributed by atoms with Gasteiger partial charge in [0.25, 0.3) is 11.8 Å². The fraction of sp³-hybridized carbons (Fsp3) is 0.118. The number of carbonyl (C=O) groups is 3. The summed E-state index contributed by atoms with van der Waals surface area (Å²) >= 11 is 5.92. The first-order valence-corrected chi connectivity index (χ1v) is 7.51. The third kappa shape index (κ3) is 4.57. The molecule has 0 spiro atoms. The fourth-order valence-electron chi connectivity index (χ4n) is 1.99. The number of nitrogens with one attached hydrogen (secondary N) is 2. The molecule has 2 rings (SSSR count). The Morgan fingerprint density at radius 2 is 1.50 bits per heavy atom. The lowest BCUT2D eigenvalue weighted by Crippen LogP contribution is -2.34. The number of hydrogen-bond acceptors (Lipinski definition) is 3. The highest BCUT2D eigenvalue weighted by Gasteiger charge is 2.10. The van der Waals surface area contributed by atoms with Crippen molar-refractivity contribution in [3.8, 4) is 0 Å². The van der Waals surface area contributed by atoms with Gasteiger partial charge in [0.15, 0.2) is 0 Å². The number of halogens is 1. The van der Waals surface area contributed by atoms with Crippen LogP contribution in [0.1, 0.15) is 31.1 Å². The van der Waals surface area contributed by atoms with E-state index in [1.54, 1.807) is 24.3 Å². The van der Waals surface area contributed by atoms with Crippen molar-refractivity contribution in [1.82, 2.24) is 10.6 Å². The van der Waals surface area contributed by atoms with Crippen molar-refractivity contribution in [3.05, 3.63) is 70.2 Å². The van der Waals surface area contributed by atoms with E-state index in [1.807, 2.05) is 0 Å². The minimum atomic E-state index is -1.10. The van der Waals surface area contributed by atoms with Gasteiger partial charge in [-0.2, -0.15) is 0 Å². The van der Waals surface area contributed by atoms with Gasteiger partial charge in [-0.15, -0.1) is 0 Å². The molecule has 0 saturated carbocycles. The van der Waals surface area contributed by atoms with Gasteiger partial charge in [-0.05, 0) is 30.3 Å². The first kappa shape index (κ1) is 17.5. The quantitative estimate of drug-likeness (QED) is 0.699. The van der Waals surface area contributed by atoms with Crippen LogP contribution >= 0.6 is 11.6 Å². The summed E-state index contributed by atoms with van der Waals surface area (Å²) in [6, 6.07) is 12.4. The van der Waals surface area contributed by atoms with Gasteiger partial charge in [0.1, 0.15) is 0 Å². The molecule has 0 aliphatic heterocycles. The molecule has 0 aliphatic rings. The Balaban J connectivity index is 1.83. The van der Waals surface area contributed by atoms with Crippen LogP contribution in [0.5, 0.6) is 0 Å². The summed E-state index contributed by atoms with van der Waals surface area (Å²) in [6.45, 7) is 0.417. The molecule has 0 unspecified atom stereocenters. The standard InChI is InChI=1S/C17H15ClN2O4/c18-14-7-2-1-6-13(14)16(22)20-9-8-19-15(21)11-4-3-5-12(10-11)17(23)24/h1-7,10H,8-9H2,(H,19,21)(H,20,22)(H,23,24). The number of aromatic carboxylic acids is 1. The molecule has 3 N–H and O–H groups in total. The summed E-state index contributed by atoms with van der Waals surface area (Å²) in [5.41, 5.74) is 0.640. The van der Waals surface area contributed by atoms with Gasteiger partial charge < -0.3 is 15.7 Å². The van der Waals surface area contributed by atoms with Gasteiger partial charge in [0, 0.05) is 18.7 Å². The van der Waals surface area contributed by atoms with E-state index in [1.165, 1.54) is 24.3 Å². The number of rotatable bonds is 6. The van der Waals surface area contributed by atoms with Crippen molar-refractivity contribution >= 4 is 29.4 Å². The fourth-order valence-corrected chi connectivity index (χ4v) is 2.21. The van der Waals surface area contributed by atoms with Crippen LogP contribution in [0.25, 0.3) is 0 Å². The zero-order valence-electron chi connectivity index (χ0n) is 12.6. The maximum absolute atomic E-state index is 12.0. The van der Waals surface area contributed by atoms with Crippen LogP contribution in [-0.2, 0) is 0 Å². The second-order valence-corrected chi connectivity index (χ2v) is 5.28. The Morgan fingerprint density at radius 3 is 2.17 bits per heavy atom. The first-order chi connectivity index (χ1) is 11.5. The lowest BCUT2D eigenvalue weighted by molar-refractivity contribution is 0.0696. The third-order valence-corrected chi connectivity index (χ3v) is 3.52. The molecule has 24 heavy (non-hydrogen) atoms. The van der Waals surface area contributed by atoms with Crippen molar-refractivity contribution in [3.63, 3.8) is 0 Å². The Kier molecular flexibility index (Phi) is 5.92. The van der Waals surface area contributed by atoms with Gasteiger partial charge >= 0.3 is 5.97 Å². The normalized spacial score (nSPS) is 10.0. The van der Waals surface area contributed by atoms with Crippen molar-refractivity contribution in [2.45, 2.75) is 0 Å². The average Bonchev–Trinajstić information content (AvgIpc) is 2.58. The highest BCUT2D eigenvalue weighted by Crippen LogP contribution is 2.14. The van der Waals surface area contributed by atoms with E-state index >= 15 is 0 Å². The zero-order chi connectivity index (χ0) is 17.5. The smallest absolute Gasteiger partial charge is 0.335 e. The number of carboxylic acid groups (broad SMARTS) is 1. The van der Waals surface area contributed by atoms with Crippen molar-refractivity contribution < 1.29 is 19.5 Å². The highest BCUT2D eigenvalue weighted by molar-refractivity contribution is 6.33. The highest BCUT2D eigenvalue weighted by atomic mass is 35.5. The summed E-state index contributed by atoms with van der Waals surface area (Å²) in [7, 11) is 0. The average molecular weight is 347 g/mol. The van der Waals surface area contributed by atoms with Crippen LogP contribution < -0.4 is 10.6 Å². The molecule has 0 bridgehead atoms. The van der Waals surface area contributed by atoms with E-state index < -0.39 is 11.9 Å². The topological polar surface area (TPSA) is 95.5 Å². The molecular weight excluding hydrogens is 332 g/mol. The summed E-state index contributed by atoms with van der Waals surface area (Å²) in [4.78, 5) is 34.8. The van der Waals surface area contributed by atoms with E-state index in [0.29, 0.717) is 10.6 Å². The number of benzene rings is 2. The SMILES string of the molecule is O=C(O)c1cccc(C(=O)NCCNC(=O)c2ccccc2Cl)c1.